The summed E-state index contributed by atoms with van der Waals surface area (Å²) in [5, 5.41) is 12.3. The SMILES string of the molecule is COc1ccc(S(=O)(=O)N2CCCC(C(=O)Nc3nnc(-c4cccs4)o3)C2)cc1. The van der Waals surface area contributed by atoms with E-state index in [4.69, 9.17) is 9.15 Å². The predicted molar refractivity (Wildman–Crippen MR) is 111 cm³/mol. The van der Waals surface area contributed by atoms with Gasteiger partial charge in [0.05, 0.1) is 22.8 Å². The predicted octanol–water partition coefficient (Wildman–Crippen LogP) is 2.85. The summed E-state index contributed by atoms with van der Waals surface area (Å²) in [4.78, 5) is 13.7. The zero-order valence-corrected chi connectivity index (χ0v) is 17.8. The van der Waals surface area contributed by atoms with E-state index in [0.717, 1.165) is 4.88 Å². The van der Waals surface area contributed by atoms with E-state index in [1.165, 1.54) is 34.9 Å². The molecule has 0 bridgehead atoms. The van der Waals surface area contributed by atoms with Crippen molar-refractivity contribution in [2.24, 2.45) is 5.92 Å². The molecule has 1 aliphatic rings. The third kappa shape index (κ3) is 4.23. The van der Waals surface area contributed by atoms with E-state index in [1.807, 2.05) is 17.5 Å². The molecule has 1 atom stereocenters. The van der Waals surface area contributed by atoms with Crippen LogP contribution in [0.5, 0.6) is 5.75 Å². The van der Waals surface area contributed by atoms with Crippen molar-refractivity contribution < 1.29 is 22.4 Å². The number of carbonyl (C=O) groups is 1. The van der Waals surface area contributed by atoms with Gasteiger partial charge >= 0.3 is 6.01 Å². The van der Waals surface area contributed by atoms with E-state index in [1.54, 1.807) is 12.1 Å². The van der Waals surface area contributed by atoms with Gasteiger partial charge in [0.25, 0.3) is 5.89 Å². The number of sulfonamides is 1. The van der Waals surface area contributed by atoms with Crippen LogP contribution in [0.4, 0.5) is 6.01 Å². The monoisotopic (exact) mass is 448 g/mol. The number of amides is 1. The summed E-state index contributed by atoms with van der Waals surface area (Å²) in [6.07, 6.45) is 1.16. The molecule has 30 heavy (non-hydrogen) atoms. The molecule has 0 radical (unpaired) electrons. The molecular weight excluding hydrogens is 428 g/mol. The Balaban J connectivity index is 1.43. The topological polar surface area (TPSA) is 115 Å². The fraction of sp³-hybridized carbons (Fsp3) is 0.316. The Labute approximate surface area is 177 Å². The summed E-state index contributed by atoms with van der Waals surface area (Å²) in [5.41, 5.74) is 0. The van der Waals surface area contributed by atoms with Gasteiger partial charge in [0.15, 0.2) is 0 Å². The van der Waals surface area contributed by atoms with Gasteiger partial charge in [-0.2, -0.15) is 4.31 Å². The Kier molecular flexibility index (Phi) is 5.84. The van der Waals surface area contributed by atoms with Gasteiger partial charge in [0.2, 0.25) is 15.9 Å². The van der Waals surface area contributed by atoms with Gasteiger partial charge in [-0.25, -0.2) is 8.42 Å². The number of aromatic nitrogens is 2. The summed E-state index contributed by atoms with van der Waals surface area (Å²) < 4.78 is 37.8. The van der Waals surface area contributed by atoms with E-state index < -0.39 is 15.9 Å². The molecule has 1 aromatic carbocycles. The molecule has 0 spiro atoms. The third-order valence-electron chi connectivity index (χ3n) is 4.84. The lowest BCUT2D eigenvalue weighted by Gasteiger charge is -2.30. The van der Waals surface area contributed by atoms with Crippen molar-refractivity contribution in [3.05, 3.63) is 41.8 Å². The molecule has 9 nitrogen and oxygen atoms in total. The lowest BCUT2D eigenvalue weighted by molar-refractivity contribution is -0.121. The number of piperidine rings is 1. The number of thiophene rings is 1. The molecule has 158 valence electrons. The van der Waals surface area contributed by atoms with Gasteiger partial charge in [-0.1, -0.05) is 11.2 Å². The van der Waals surface area contributed by atoms with Crippen molar-refractivity contribution in [1.82, 2.24) is 14.5 Å². The molecule has 4 rings (SSSR count). The standard InChI is InChI=1S/C19H20N4O5S2/c1-27-14-6-8-15(9-7-14)30(25,26)23-10-2-4-13(12-23)17(24)20-19-22-21-18(28-19)16-5-3-11-29-16/h3,5-9,11,13H,2,4,10,12H2,1H3,(H,20,22,24). The molecule has 1 fully saturated rings. The minimum absolute atomic E-state index is 0.00136. The number of nitrogens with one attached hydrogen (secondary N) is 1. The average Bonchev–Trinajstić information content (AvgIpc) is 3.46. The first-order chi connectivity index (χ1) is 14.5. The van der Waals surface area contributed by atoms with Crippen LogP contribution in [0.15, 0.2) is 51.1 Å². The van der Waals surface area contributed by atoms with Crippen molar-refractivity contribution >= 4 is 33.3 Å². The quantitative estimate of drug-likeness (QED) is 0.617. The highest BCUT2D eigenvalue weighted by molar-refractivity contribution is 7.89. The summed E-state index contributed by atoms with van der Waals surface area (Å²) in [6, 6.07) is 9.90. The zero-order chi connectivity index (χ0) is 21.1. The third-order valence-corrected chi connectivity index (χ3v) is 7.58. The average molecular weight is 449 g/mol. The molecule has 1 amide bonds. The number of hydrogen-bond acceptors (Lipinski definition) is 8. The molecular formula is C19H20N4O5S2. The number of carbonyl (C=O) groups excluding carboxylic acids is 1. The van der Waals surface area contributed by atoms with Crippen molar-refractivity contribution in [3.8, 4) is 16.5 Å². The summed E-state index contributed by atoms with van der Waals surface area (Å²) in [6.45, 7) is 0.452. The van der Waals surface area contributed by atoms with E-state index in [2.05, 4.69) is 15.5 Å². The first-order valence-electron chi connectivity index (χ1n) is 9.30. The molecule has 3 heterocycles. The number of benzene rings is 1. The van der Waals surface area contributed by atoms with Crippen LogP contribution < -0.4 is 10.1 Å². The van der Waals surface area contributed by atoms with Crippen molar-refractivity contribution in [3.63, 3.8) is 0 Å². The van der Waals surface area contributed by atoms with Crippen LogP contribution in [0.1, 0.15) is 12.8 Å². The maximum absolute atomic E-state index is 13.0. The number of hydrogen-bond donors (Lipinski definition) is 1. The van der Waals surface area contributed by atoms with Crippen LogP contribution in [-0.2, 0) is 14.8 Å². The molecule has 11 heteroatoms. The summed E-state index contributed by atoms with van der Waals surface area (Å²) >= 11 is 1.45. The minimum Gasteiger partial charge on any atom is -0.497 e. The molecule has 3 aromatic rings. The van der Waals surface area contributed by atoms with Gasteiger partial charge in [-0.05, 0) is 48.6 Å². The highest BCUT2D eigenvalue weighted by Gasteiger charge is 2.33. The number of nitrogens with zero attached hydrogens (tertiary/aromatic N) is 3. The Morgan fingerprint density at radius 3 is 2.77 bits per heavy atom. The van der Waals surface area contributed by atoms with E-state index in [0.29, 0.717) is 31.0 Å². The fourth-order valence-corrected chi connectivity index (χ4v) is 5.42. The summed E-state index contributed by atoms with van der Waals surface area (Å²) in [7, 11) is -2.19. The molecule has 2 aromatic heterocycles. The van der Waals surface area contributed by atoms with Crippen LogP contribution in [0, 0.1) is 5.92 Å². The molecule has 1 saturated heterocycles. The first kappa shape index (κ1) is 20.5. The van der Waals surface area contributed by atoms with Crippen molar-refractivity contribution in [2.75, 3.05) is 25.5 Å². The number of methoxy groups -OCH3 is 1. The maximum Gasteiger partial charge on any atom is 0.322 e. The fourth-order valence-electron chi connectivity index (χ4n) is 3.25. The van der Waals surface area contributed by atoms with Gasteiger partial charge in [0.1, 0.15) is 5.75 Å². The number of anilines is 1. The maximum atomic E-state index is 13.0. The Bertz CT molecular complexity index is 1110. The lowest BCUT2D eigenvalue weighted by atomic mass is 9.99. The van der Waals surface area contributed by atoms with Gasteiger partial charge in [-0.3, -0.25) is 10.1 Å². The van der Waals surface area contributed by atoms with Gasteiger partial charge in [0, 0.05) is 13.1 Å². The smallest absolute Gasteiger partial charge is 0.322 e. The van der Waals surface area contributed by atoms with E-state index in [-0.39, 0.29) is 23.4 Å². The van der Waals surface area contributed by atoms with Crippen LogP contribution in [-0.4, -0.2) is 49.0 Å². The lowest BCUT2D eigenvalue weighted by Crippen LogP contribution is -2.43. The van der Waals surface area contributed by atoms with E-state index >= 15 is 0 Å². The highest BCUT2D eigenvalue weighted by Crippen LogP contribution is 2.27. The van der Waals surface area contributed by atoms with E-state index in [9.17, 15) is 13.2 Å². The molecule has 1 N–H and O–H groups in total. The second kappa shape index (κ2) is 8.54. The molecule has 0 aliphatic carbocycles. The van der Waals surface area contributed by atoms with Crippen LogP contribution >= 0.6 is 11.3 Å². The largest absolute Gasteiger partial charge is 0.497 e. The molecule has 1 aliphatic heterocycles. The van der Waals surface area contributed by atoms with Crippen molar-refractivity contribution in [2.45, 2.75) is 17.7 Å². The molecule has 1 unspecified atom stereocenters. The normalized spacial score (nSPS) is 17.6. The van der Waals surface area contributed by atoms with Crippen molar-refractivity contribution in [1.29, 1.82) is 0 Å². The number of rotatable bonds is 6. The van der Waals surface area contributed by atoms with Crippen LogP contribution in [0.25, 0.3) is 10.8 Å². The number of ether oxygens (including phenoxy) is 1. The second-order valence-electron chi connectivity index (χ2n) is 6.76. The molecule has 0 saturated carbocycles. The van der Waals surface area contributed by atoms with Gasteiger partial charge in [-0.15, -0.1) is 16.4 Å². The minimum atomic E-state index is -3.70. The Morgan fingerprint density at radius 1 is 1.27 bits per heavy atom. The summed E-state index contributed by atoms with van der Waals surface area (Å²) in [5.74, 6) is 0.0499. The Hall–Kier alpha value is -2.76. The first-order valence-corrected chi connectivity index (χ1v) is 11.6. The van der Waals surface area contributed by atoms with Gasteiger partial charge < -0.3 is 9.15 Å². The zero-order valence-electron chi connectivity index (χ0n) is 16.1. The van der Waals surface area contributed by atoms with Crippen LogP contribution in [0.2, 0.25) is 0 Å². The highest BCUT2D eigenvalue weighted by atomic mass is 32.2. The van der Waals surface area contributed by atoms with Crippen LogP contribution in [0.3, 0.4) is 0 Å². The Morgan fingerprint density at radius 2 is 2.07 bits per heavy atom. The second-order valence-corrected chi connectivity index (χ2v) is 9.64.